The maximum absolute atomic E-state index is 12.3. The van der Waals surface area contributed by atoms with Crippen LogP contribution in [0.2, 0.25) is 5.02 Å². The summed E-state index contributed by atoms with van der Waals surface area (Å²) >= 11 is 5.70. The summed E-state index contributed by atoms with van der Waals surface area (Å²) in [6.07, 6.45) is -2.66. The molecule has 1 aromatic carbocycles. The van der Waals surface area contributed by atoms with E-state index < -0.39 is 18.9 Å². The van der Waals surface area contributed by atoms with Gasteiger partial charge in [0.1, 0.15) is 0 Å². The van der Waals surface area contributed by atoms with Crippen molar-refractivity contribution in [3.8, 4) is 0 Å². The number of aliphatic hydroxyl groups is 1. The first kappa shape index (κ1) is 14.7. The highest BCUT2D eigenvalue weighted by atomic mass is 35.5. The standard InChI is InChI=1S/C11H13ClF2N2O2/c12-8-2-1-7(5-9(8)15)11(18)16(3-4-17)6-10(13)14/h1-2,5,10,17H,3-4,6,15H2. The second kappa shape index (κ2) is 6.51. The van der Waals surface area contributed by atoms with E-state index in [4.69, 9.17) is 22.4 Å². The highest BCUT2D eigenvalue weighted by Gasteiger charge is 2.19. The molecule has 0 radical (unpaired) electrons. The molecule has 0 aliphatic rings. The molecule has 0 heterocycles. The topological polar surface area (TPSA) is 66.6 Å². The number of benzene rings is 1. The Bertz CT molecular complexity index is 430. The molecule has 0 spiro atoms. The molecule has 0 unspecified atom stereocenters. The van der Waals surface area contributed by atoms with Gasteiger partial charge in [0, 0.05) is 12.1 Å². The quantitative estimate of drug-likeness (QED) is 0.805. The van der Waals surface area contributed by atoms with Crippen molar-refractivity contribution < 1.29 is 18.7 Å². The van der Waals surface area contributed by atoms with Gasteiger partial charge in [0.2, 0.25) is 0 Å². The molecule has 0 atom stereocenters. The molecular weight excluding hydrogens is 266 g/mol. The van der Waals surface area contributed by atoms with Gasteiger partial charge in [-0.2, -0.15) is 0 Å². The number of amides is 1. The minimum Gasteiger partial charge on any atom is -0.398 e. The van der Waals surface area contributed by atoms with E-state index in [0.717, 1.165) is 4.90 Å². The van der Waals surface area contributed by atoms with Crippen LogP contribution in [0.1, 0.15) is 10.4 Å². The zero-order valence-corrected chi connectivity index (χ0v) is 10.2. The lowest BCUT2D eigenvalue weighted by Crippen LogP contribution is -2.37. The number of nitrogens with zero attached hydrogens (tertiary/aromatic N) is 1. The van der Waals surface area contributed by atoms with Crippen LogP contribution in [0, 0.1) is 0 Å². The van der Waals surface area contributed by atoms with Gasteiger partial charge in [0.15, 0.2) is 0 Å². The molecule has 18 heavy (non-hydrogen) atoms. The highest BCUT2D eigenvalue weighted by molar-refractivity contribution is 6.33. The molecule has 0 aliphatic carbocycles. The van der Waals surface area contributed by atoms with Crippen molar-refractivity contribution in [2.75, 3.05) is 25.4 Å². The zero-order chi connectivity index (χ0) is 13.7. The van der Waals surface area contributed by atoms with Gasteiger partial charge in [-0.15, -0.1) is 0 Å². The Morgan fingerprint density at radius 3 is 2.67 bits per heavy atom. The van der Waals surface area contributed by atoms with Crippen LogP contribution in [-0.2, 0) is 0 Å². The van der Waals surface area contributed by atoms with Crippen molar-refractivity contribution >= 4 is 23.2 Å². The van der Waals surface area contributed by atoms with Gasteiger partial charge in [-0.05, 0) is 18.2 Å². The fraction of sp³-hybridized carbons (Fsp3) is 0.364. The molecule has 0 bridgehead atoms. The van der Waals surface area contributed by atoms with Gasteiger partial charge >= 0.3 is 0 Å². The number of anilines is 1. The summed E-state index contributed by atoms with van der Waals surface area (Å²) in [4.78, 5) is 12.8. The minimum atomic E-state index is -2.66. The molecule has 4 nitrogen and oxygen atoms in total. The second-order valence-electron chi connectivity index (χ2n) is 3.60. The van der Waals surface area contributed by atoms with Gasteiger partial charge in [-0.3, -0.25) is 4.79 Å². The van der Waals surface area contributed by atoms with Crippen molar-refractivity contribution in [3.05, 3.63) is 28.8 Å². The van der Waals surface area contributed by atoms with E-state index in [-0.39, 0.29) is 29.4 Å². The summed E-state index contributed by atoms with van der Waals surface area (Å²) in [6.45, 7) is -1.28. The first-order valence-corrected chi connectivity index (χ1v) is 5.56. The predicted octanol–water partition coefficient (Wildman–Crippen LogP) is 1.62. The van der Waals surface area contributed by atoms with Crippen molar-refractivity contribution in [1.29, 1.82) is 0 Å². The van der Waals surface area contributed by atoms with Crippen LogP contribution >= 0.6 is 11.6 Å². The Morgan fingerprint density at radius 1 is 1.50 bits per heavy atom. The van der Waals surface area contributed by atoms with Gasteiger partial charge in [0.25, 0.3) is 12.3 Å². The monoisotopic (exact) mass is 278 g/mol. The van der Waals surface area contributed by atoms with Crippen LogP contribution in [0.4, 0.5) is 14.5 Å². The lowest BCUT2D eigenvalue weighted by Gasteiger charge is -2.21. The van der Waals surface area contributed by atoms with Crippen LogP contribution < -0.4 is 5.73 Å². The minimum absolute atomic E-state index is 0.158. The van der Waals surface area contributed by atoms with E-state index in [1.165, 1.54) is 18.2 Å². The van der Waals surface area contributed by atoms with E-state index in [9.17, 15) is 13.6 Å². The maximum atomic E-state index is 12.3. The molecule has 100 valence electrons. The van der Waals surface area contributed by atoms with Crippen LogP contribution in [0.25, 0.3) is 0 Å². The fourth-order valence-corrected chi connectivity index (χ4v) is 1.54. The number of aliphatic hydroxyl groups excluding tert-OH is 1. The smallest absolute Gasteiger partial charge is 0.255 e. The first-order chi connectivity index (χ1) is 8.45. The number of hydrogen-bond acceptors (Lipinski definition) is 3. The molecule has 1 amide bonds. The molecule has 0 saturated heterocycles. The van der Waals surface area contributed by atoms with Gasteiger partial charge in [-0.1, -0.05) is 11.6 Å². The van der Waals surface area contributed by atoms with Gasteiger partial charge in [-0.25, -0.2) is 8.78 Å². The van der Waals surface area contributed by atoms with Crippen LogP contribution in [0.15, 0.2) is 18.2 Å². The molecule has 0 saturated carbocycles. The average Bonchev–Trinajstić information content (AvgIpc) is 2.31. The number of alkyl halides is 2. The van der Waals surface area contributed by atoms with Crippen molar-refractivity contribution in [3.63, 3.8) is 0 Å². The SMILES string of the molecule is Nc1cc(C(=O)N(CCO)CC(F)F)ccc1Cl. The van der Waals surface area contributed by atoms with E-state index in [2.05, 4.69) is 0 Å². The number of nitrogen functional groups attached to an aromatic ring is 1. The van der Waals surface area contributed by atoms with Gasteiger partial charge in [0.05, 0.1) is 23.9 Å². The Labute approximate surface area is 108 Å². The zero-order valence-electron chi connectivity index (χ0n) is 9.44. The number of hydrogen-bond donors (Lipinski definition) is 2. The molecule has 0 aliphatic heterocycles. The Balaban J connectivity index is 2.90. The number of carbonyl (C=O) groups is 1. The van der Waals surface area contributed by atoms with E-state index in [1.54, 1.807) is 0 Å². The Kier molecular flexibility index (Phi) is 5.30. The fourth-order valence-electron chi connectivity index (χ4n) is 1.42. The van der Waals surface area contributed by atoms with Crippen LogP contribution in [0.3, 0.4) is 0 Å². The molecular formula is C11H13ClF2N2O2. The lowest BCUT2D eigenvalue weighted by molar-refractivity contribution is 0.0509. The normalized spacial score (nSPS) is 10.7. The summed E-state index contributed by atoms with van der Waals surface area (Å²) < 4.78 is 24.6. The van der Waals surface area contributed by atoms with Crippen molar-refractivity contribution in [2.45, 2.75) is 6.43 Å². The third-order valence-electron chi connectivity index (χ3n) is 2.26. The van der Waals surface area contributed by atoms with Crippen molar-refractivity contribution in [1.82, 2.24) is 4.90 Å². The molecule has 7 heteroatoms. The van der Waals surface area contributed by atoms with E-state index >= 15 is 0 Å². The molecule has 1 rings (SSSR count). The number of rotatable bonds is 5. The maximum Gasteiger partial charge on any atom is 0.255 e. The summed E-state index contributed by atoms with van der Waals surface area (Å²) in [5.41, 5.74) is 5.89. The number of nitrogens with two attached hydrogens (primary N) is 1. The summed E-state index contributed by atoms with van der Waals surface area (Å²) in [5, 5.41) is 9.05. The first-order valence-electron chi connectivity index (χ1n) is 5.19. The summed E-state index contributed by atoms with van der Waals surface area (Å²) in [5.74, 6) is -0.618. The largest absolute Gasteiger partial charge is 0.398 e. The van der Waals surface area contributed by atoms with Crippen molar-refractivity contribution in [2.24, 2.45) is 0 Å². The van der Waals surface area contributed by atoms with Gasteiger partial charge < -0.3 is 15.7 Å². The summed E-state index contributed by atoms with van der Waals surface area (Å²) in [6, 6.07) is 4.14. The van der Waals surface area contributed by atoms with E-state index in [1.807, 2.05) is 0 Å². The van der Waals surface area contributed by atoms with Crippen LogP contribution in [-0.4, -0.2) is 42.0 Å². The van der Waals surface area contributed by atoms with Crippen LogP contribution in [0.5, 0.6) is 0 Å². The molecule has 1 aromatic rings. The Morgan fingerprint density at radius 2 is 2.17 bits per heavy atom. The summed E-state index contributed by atoms with van der Waals surface area (Å²) in [7, 11) is 0. The number of halogens is 3. The highest BCUT2D eigenvalue weighted by Crippen LogP contribution is 2.20. The second-order valence-corrected chi connectivity index (χ2v) is 4.01. The molecule has 0 fully saturated rings. The Hall–Kier alpha value is -1.40. The average molecular weight is 279 g/mol. The molecule has 3 N–H and O–H groups in total. The third kappa shape index (κ3) is 3.82. The third-order valence-corrected chi connectivity index (χ3v) is 2.60. The predicted molar refractivity (Wildman–Crippen MR) is 64.9 cm³/mol. The lowest BCUT2D eigenvalue weighted by atomic mass is 10.1. The van der Waals surface area contributed by atoms with E-state index in [0.29, 0.717) is 0 Å². The number of carbonyl (C=O) groups excluding carboxylic acids is 1. The molecule has 0 aromatic heterocycles.